The first-order chi connectivity index (χ1) is 11.6. The van der Waals surface area contributed by atoms with E-state index in [0.717, 1.165) is 35.8 Å². The van der Waals surface area contributed by atoms with E-state index < -0.39 is 0 Å². The minimum absolute atomic E-state index is 0.677. The number of aromatic nitrogens is 2. The number of aryl methyl sites for hydroxylation is 4. The molecular formula is C20H24N2O2. The van der Waals surface area contributed by atoms with E-state index in [1.807, 2.05) is 24.3 Å². The lowest BCUT2D eigenvalue weighted by Crippen LogP contribution is -2.06. The molecule has 2 aromatic carbocycles. The number of hydrogen-bond donors (Lipinski definition) is 0. The van der Waals surface area contributed by atoms with Gasteiger partial charge in [0.1, 0.15) is 17.3 Å². The number of nitrogens with zero attached hydrogens (tertiary/aromatic N) is 2. The van der Waals surface area contributed by atoms with E-state index in [2.05, 4.69) is 42.5 Å². The highest BCUT2D eigenvalue weighted by Crippen LogP contribution is 2.21. The van der Waals surface area contributed by atoms with Crippen LogP contribution in [0.1, 0.15) is 23.4 Å². The SMILES string of the molecule is COc1ccc(OCCCn2c(C)nc3cc(C)c(C)cc32)cc1. The monoisotopic (exact) mass is 324 g/mol. The lowest BCUT2D eigenvalue weighted by atomic mass is 10.1. The maximum atomic E-state index is 5.81. The van der Waals surface area contributed by atoms with Gasteiger partial charge in [-0.2, -0.15) is 0 Å². The van der Waals surface area contributed by atoms with Gasteiger partial charge in [-0.1, -0.05) is 0 Å². The van der Waals surface area contributed by atoms with E-state index in [1.165, 1.54) is 16.6 Å². The van der Waals surface area contributed by atoms with Crippen LogP contribution in [0.15, 0.2) is 36.4 Å². The van der Waals surface area contributed by atoms with E-state index in [4.69, 9.17) is 9.47 Å². The zero-order chi connectivity index (χ0) is 17.1. The summed E-state index contributed by atoms with van der Waals surface area (Å²) in [5.41, 5.74) is 4.87. The van der Waals surface area contributed by atoms with Gasteiger partial charge in [-0.15, -0.1) is 0 Å². The summed E-state index contributed by atoms with van der Waals surface area (Å²) in [6, 6.07) is 12.1. The third-order valence-electron chi connectivity index (χ3n) is 4.41. The fourth-order valence-electron chi connectivity index (χ4n) is 2.87. The summed E-state index contributed by atoms with van der Waals surface area (Å²) >= 11 is 0. The van der Waals surface area contributed by atoms with Gasteiger partial charge in [0.25, 0.3) is 0 Å². The lowest BCUT2D eigenvalue weighted by Gasteiger charge is -2.10. The number of fused-ring (bicyclic) bond motifs is 1. The average Bonchev–Trinajstić information content (AvgIpc) is 2.87. The summed E-state index contributed by atoms with van der Waals surface area (Å²) in [7, 11) is 1.66. The van der Waals surface area contributed by atoms with Crippen LogP contribution in [0.3, 0.4) is 0 Å². The van der Waals surface area contributed by atoms with E-state index >= 15 is 0 Å². The highest BCUT2D eigenvalue weighted by Gasteiger charge is 2.09. The molecule has 4 heteroatoms. The zero-order valence-electron chi connectivity index (χ0n) is 14.8. The first-order valence-corrected chi connectivity index (χ1v) is 8.29. The van der Waals surface area contributed by atoms with Crippen molar-refractivity contribution in [1.82, 2.24) is 9.55 Å². The van der Waals surface area contributed by atoms with Crippen LogP contribution >= 0.6 is 0 Å². The van der Waals surface area contributed by atoms with Crippen molar-refractivity contribution >= 4 is 11.0 Å². The van der Waals surface area contributed by atoms with Crippen LogP contribution in [0.25, 0.3) is 11.0 Å². The van der Waals surface area contributed by atoms with Crippen LogP contribution in [0.4, 0.5) is 0 Å². The van der Waals surface area contributed by atoms with Crippen LogP contribution in [0.2, 0.25) is 0 Å². The van der Waals surface area contributed by atoms with Crippen molar-refractivity contribution in [2.45, 2.75) is 33.7 Å². The molecule has 0 aliphatic carbocycles. The van der Waals surface area contributed by atoms with Crippen LogP contribution in [0.5, 0.6) is 11.5 Å². The molecule has 0 unspecified atom stereocenters. The average molecular weight is 324 g/mol. The molecule has 1 heterocycles. The van der Waals surface area contributed by atoms with E-state index in [1.54, 1.807) is 7.11 Å². The molecule has 0 spiro atoms. The Kier molecular flexibility index (Phi) is 4.74. The Hall–Kier alpha value is -2.49. The largest absolute Gasteiger partial charge is 0.497 e. The van der Waals surface area contributed by atoms with Crippen molar-refractivity contribution in [2.75, 3.05) is 13.7 Å². The van der Waals surface area contributed by atoms with E-state index in [-0.39, 0.29) is 0 Å². The van der Waals surface area contributed by atoms with Crippen molar-refractivity contribution in [2.24, 2.45) is 0 Å². The molecule has 0 aliphatic rings. The summed E-state index contributed by atoms with van der Waals surface area (Å²) < 4.78 is 13.2. The molecule has 3 aromatic rings. The number of rotatable bonds is 6. The molecule has 4 nitrogen and oxygen atoms in total. The lowest BCUT2D eigenvalue weighted by molar-refractivity contribution is 0.301. The molecule has 0 aliphatic heterocycles. The first-order valence-electron chi connectivity index (χ1n) is 8.29. The van der Waals surface area contributed by atoms with Gasteiger partial charge < -0.3 is 14.0 Å². The highest BCUT2D eigenvalue weighted by atomic mass is 16.5. The van der Waals surface area contributed by atoms with Crippen LogP contribution < -0.4 is 9.47 Å². The van der Waals surface area contributed by atoms with Crippen molar-refractivity contribution in [3.63, 3.8) is 0 Å². The Balaban J connectivity index is 1.63. The zero-order valence-corrected chi connectivity index (χ0v) is 14.8. The molecule has 1 aromatic heterocycles. The third kappa shape index (κ3) is 3.37. The first kappa shape index (κ1) is 16.4. The molecule has 126 valence electrons. The maximum absolute atomic E-state index is 5.81. The van der Waals surface area contributed by atoms with Crippen LogP contribution in [-0.4, -0.2) is 23.3 Å². The Morgan fingerprint density at radius 2 is 1.62 bits per heavy atom. The predicted molar refractivity (Wildman–Crippen MR) is 97.1 cm³/mol. The second kappa shape index (κ2) is 6.95. The van der Waals surface area contributed by atoms with Crippen molar-refractivity contribution in [3.05, 3.63) is 53.3 Å². The summed E-state index contributed by atoms with van der Waals surface area (Å²) in [6.07, 6.45) is 0.936. The molecule has 24 heavy (non-hydrogen) atoms. The molecule has 0 atom stereocenters. The minimum Gasteiger partial charge on any atom is -0.497 e. The van der Waals surface area contributed by atoms with Gasteiger partial charge in [-0.3, -0.25) is 0 Å². The topological polar surface area (TPSA) is 36.3 Å². The summed E-state index contributed by atoms with van der Waals surface area (Å²) in [5.74, 6) is 2.77. The normalized spacial score (nSPS) is 11.0. The van der Waals surface area contributed by atoms with Gasteiger partial charge >= 0.3 is 0 Å². The standard InChI is InChI=1S/C20H24N2O2/c1-14-12-19-20(13-15(14)2)22(16(3)21-19)10-5-11-24-18-8-6-17(23-4)7-9-18/h6-9,12-13H,5,10-11H2,1-4H3. The van der Waals surface area contributed by atoms with Gasteiger partial charge in [-0.25, -0.2) is 4.98 Å². The number of ether oxygens (including phenoxy) is 2. The summed E-state index contributed by atoms with van der Waals surface area (Å²) in [5, 5.41) is 0. The van der Waals surface area contributed by atoms with Gasteiger partial charge in [-0.05, 0) is 74.7 Å². The molecule has 0 fully saturated rings. The van der Waals surface area contributed by atoms with Crippen molar-refractivity contribution in [3.8, 4) is 11.5 Å². The third-order valence-corrected chi connectivity index (χ3v) is 4.41. The molecule has 0 N–H and O–H groups in total. The van der Waals surface area contributed by atoms with Gasteiger partial charge in [0.15, 0.2) is 0 Å². The Labute approximate surface area is 143 Å². The maximum Gasteiger partial charge on any atom is 0.119 e. The van der Waals surface area contributed by atoms with Gasteiger partial charge in [0, 0.05) is 6.54 Å². The molecule has 0 saturated heterocycles. The van der Waals surface area contributed by atoms with Crippen LogP contribution in [-0.2, 0) is 6.54 Å². The smallest absolute Gasteiger partial charge is 0.119 e. The molecule has 0 amide bonds. The Morgan fingerprint density at radius 1 is 0.958 bits per heavy atom. The number of hydrogen-bond acceptors (Lipinski definition) is 3. The molecule has 0 bridgehead atoms. The minimum atomic E-state index is 0.677. The van der Waals surface area contributed by atoms with E-state index in [9.17, 15) is 0 Å². The second-order valence-corrected chi connectivity index (χ2v) is 6.11. The second-order valence-electron chi connectivity index (χ2n) is 6.11. The number of benzene rings is 2. The van der Waals surface area contributed by atoms with Crippen LogP contribution in [0, 0.1) is 20.8 Å². The Bertz CT molecular complexity index is 835. The molecule has 0 saturated carbocycles. The number of imidazole rings is 1. The summed E-state index contributed by atoms with van der Waals surface area (Å²) in [6.45, 7) is 7.92. The number of methoxy groups -OCH3 is 1. The molecule has 0 radical (unpaired) electrons. The predicted octanol–water partition coefficient (Wildman–Crippen LogP) is 4.44. The Morgan fingerprint density at radius 3 is 2.33 bits per heavy atom. The van der Waals surface area contributed by atoms with Gasteiger partial charge in [0.2, 0.25) is 0 Å². The summed E-state index contributed by atoms with van der Waals surface area (Å²) in [4.78, 5) is 4.68. The van der Waals surface area contributed by atoms with Gasteiger partial charge in [0.05, 0.1) is 24.8 Å². The fourth-order valence-corrected chi connectivity index (χ4v) is 2.87. The van der Waals surface area contributed by atoms with E-state index in [0.29, 0.717) is 6.61 Å². The highest BCUT2D eigenvalue weighted by molar-refractivity contribution is 5.78. The quantitative estimate of drug-likeness (QED) is 0.629. The van der Waals surface area contributed by atoms with Crippen molar-refractivity contribution < 1.29 is 9.47 Å². The molecular weight excluding hydrogens is 300 g/mol. The van der Waals surface area contributed by atoms with Crippen molar-refractivity contribution in [1.29, 1.82) is 0 Å². The fraction of sp³-hybridized carbons (Fsp3) is 0.350. The molecule has 3 rings (SSSR count).